The van der Waals surface area contributed by atoms with Crippen molar-refractivity contribution in [2.75, 3.05) is 0 Å². The molecular weight excluding hydrogens is 1160 g/mol. The molecule has 0 spiro atoms. The summed E-state index contributed by atoms with van der Waals surface area (Å²) in [6, 6.07) is 94.9. The van der Waals surface area contributed by atoms with Gasteiger partial charge in [-0.05, 0) is 99.1 Å². The number of nitro benzene ring substituents is 1. The fraction of sp³-hybridized carbons (Fsp3) is 0. The second kappa shape index (κ2) is 24.3. The lowest BCUT2D eigenvalue weighted by molar-refractivity contribution is -0.384. The van der Waals surface area contributed by atoms with Crippen molar-refractivity contribution in [3.63, 3.8) is 0 Å². The molecule has 0 bridgehead atoms. The number of hydrogen-bond donors (Lipinski definition) is 1. The monoisotopic (exact) mass is 1210 g/mol. The molecule has 0 saturated carbocycles. The molecule has 0 aliphatic heterocycles. The zero-order valence-corrected chi connectivity index (χ0v) is 50.2. The molecule has 14 nitrogen and oxygen atoms in total. The number of benzene rings is 10. The lowest BCUT2D eigenvalue weighted by Gasteiger charge is -2.12. The minimum atomic E-state index is -0.379. The highest BCUT2D eigenvalue weighted by atomic mass is 16.6. The summed E-state index contributed by atoms with van der Waals surface area (Å²) in [4.78, 5) is 54.8. The summed E-state index contributed by atoms with van der Waals surface area (Å²) in [5.41, 5.74) is 18.6. The third-order valence-electron chi connectivity index (χ3n) is 16.7. The van der Waals surface area contributed by atoms with Gasteiger partial charge in [0.15, 0.2) is 23.3 Å². The van der Waals surface area contributed by atoms with E-state index in [0.717, 1.165) is 99.6 Å². The van der Waals surface area contributed by atoms with E-state index in [-0.39, 0.29) is 10.6 Å². The minimum absolute atomic E-state index is 0.0121. The highest BCUT2D eigenvalue weighted by Crippen LogP contribution is 2.37. The molecular formula is C80H52N12O2. The van der Waals surface area contributed by atoms with Gasteiger partial charge in [0.1, 0.15) is 0 Å². The summed E-state index contributed by atoms with van der Waals surface area (Å²) in [6.45, 7) is 0. The van der Waals surface area contributed by atoms with E-state index in [1.807, 2.05) is 125 Å². The molecule has 94 heavy (non-hydrogen) atoms. The molecule has 17 aromatic rings. The smallest absolute Gasteiger partial charge is 0.277 e. The summed E-state index contributed by atoms with van der Waals surface area (Å²) in [5, 5.41) is 14.0. The maximum atomic E-state index is 11.8. The Balaban J connectivity index is 0.000000149. The number of H-pyrrole nitrogens is 1. The third kappa shape index (κ3) is 10.9. The van der Waals surface area contributed by atoms with Crippen molar-refractivity contribution in [2.24, 2.45) is 0 Å². The minimum Gasteiger partial charge on any atom is -0.353 e. The van der Waals surface area contributed by atoms with Crippen molar-refractivity contribution in [3.8, 4) is 113 Å². The van der Waals surface area contributed by atoms with E-state index in [1.165, 1.54) is 6.07 Å². The Morgan fingerprint density at radius 1 is 0.330 bits per heavy atom. The normalized spacial score (nSPS) is 11.3. The van der Waals surface area contributed by atoms with Crippen LogP contribution < -0.4 is 0 Å². The molecule has 0 unspecified atom stereocenters. The third-order valence-corrected chi connectivity index (χ3v) is 16.7. The maximum absolute atomic E-state index is 11.8. The fourth-order valence-electron chi connectivity index (χ4n) is 12.1. The van der Waals surface area contributed by atoms with Crippen molar-refractivity contribution in [3.05, 3.63) is 320 Å². The van der Waals surface area contributed by atoms with Crippen molar-refractivity contribution in [1.82, 2.24) is 54.0 Å². The molecule has 0 aliphatic carbocycles. The van der Waals surface area contributed by atoms with Crippen molar-refractivity contribution in [1.29, 1.82) is 0 Å². The lowest BCUT2D eigenvalue weighted by Crippen LogP contribution is -2.06. The van der Waals surface area contributed by atoms with Gasteiger partial charge in [-0.25, -0.2) is 9.97 Å². The van der Waals surface area contributed by atoms with Crippen molar-refractivity contribution < 1.29 is 4.92 Å². The summed E-state index contributed by atoms with van der Waals surface area (Å²) in [5.74, 6) is 3.16. The Labute approximate surface area is 538 Å². The van der Waals surface area contributed by atoms with Gasteiger partial charge in [0.2, 0.25) is 11.9 Å². The number of nitrogens with zero attached hydrogens (tertiary/aromatic N) is 11. The van der Waals surface area contributed by atoms with E-state index in [2.05, 4.69) is 174 Å². The van der Waals surface area contributed by atoms with Crippen LogP contribution in [0.15, 0.2) is 310 Å². The Morgan fingerprint density at radius 3 is 1.21 bits per heavy atom. The second-order valence-electron chi connectivity index (χ2n) is 22.6. The van der Waals surface area contributed by atoms with E-state index in [0.29, 0.717) is 57.4 Å². The van der Waals surface area contributed by atoms with Gasteiger partial charge in [-0.1, -0.05) is 224 Å². The SMILES string of the molecule is O=[N+]([O-])c1ccccc1-c1cnc2ccn(-c3nc(-c4cccc(-c5ccccc5)c4)nc(-c4cccc(-c5ccccc5)c4)n3)c2c1.c1ccc(-c2cccc(-c3nc(-c4cccc(-c5ccccc5)c4)nc(-n4ccc5ncc6c7ccccc7[nH]c6c54)n3)c2)cc1. The van der Waals surface area contributed by atoms with E-state index < -0.39 is 0 Å². The summed E-state index contributed by atoms with van der Waals surface area (Å²) >= 11 is 0. The van der Waals surface area contributed by atoms with E-state index in [1.54, 1.807) is 24.4 Å². The number of pyridine rings is 2. The van der Waals surface area contributed by atoms with Gasteiger partial charge in [-0.15, -0.1) is 0 Å². The predicted octanol–water partition coefficient (Wildman–Crippen LogP) is 19.0. The zero-order chi connectivity index (χ0) is 62.9. The Kier molecular flexibility index (Phi) is 14.5. The van der Waals surface area contributed by atoms with Gasteiger partial charge in [-0.2, -0.15) is 19.9 Å². The van der Waals surface area contributed by atoms with Crippen LogP contribution >= 0.6 is 0 Å². The summed E-state index contributed by atoms with van der Waals surface area (Å²) in [6.07, 6.45) is 7.45. The van der Waals surface area contributed by atoms with Crippen LogP contribution in [0.25, 0.3) is 157 Å². The number of nitro groups is 1. The molecule has 0 saturated heterocycles. The van der Waals surface area contributed by atoms with Gasteiger partial charge in [0.25, 0.3) is 5.69 Å². The molecule has 1 N–H and O–H groups in total. The number of fused-ring (bicyclic) bond motifs is 6. The number of para-hydroxylation sites is 2. The first kappa shape index (κ1) is 56.1. The standard InChI is InChI=1S/C40H26N6O2.C40H26N6/c47-46(48)36-20-8-7-19-34(36)33-25-37-35(41-26-33)21-22-45(37)40-43-38(31-17-9-15-29(23-31)27-11-3-1-4-12-27)42-39(44-40)32-18-10-16-30(24-32)28-13-5-2-6-14-28;1-3-11-26(12-4-1)28-15-9-17-30(23-28)38-43-39(31-18-10-16-29(24-31)27-13-5-2-6-14-27)45-40(44-38)46-22-21-35-37(46)36-33(25-41-35)32-19-7-8-20-34(32)42-36/h1-26H;1-25,42H. The topological polar surface area (TPSA) is 172 Å². The molecule has 444 valence electrons. The van der Waals surface area contributed by atoms with Crippen LogP contribution in [-0.4, -0.2) is 58.9 Å². The Hall–Kier alpha value is -13.2. The Bertz CT molecular complexity index is 5470. The Morgan fingerprint density at radius 2 is 0.723 bits per heavy atom. The first-order valence-corrected chi connectivity index (χ1v) is 30.6. The molecule has 0 radical (unpaired) electrons. The van der Waals surface area contributed by atoms with Gasteiger partial charge >= 0.3 is 0 Å². The number of nitrogens with one attached hydrogen (secondary N) is 1. The number of aromatic nitrogens is 11. The van der Waals surface area contributed by atoms with Gasteiger partial charge in [-0.3, -0.25) is 29.2 Å². The van der Waals surface area contributed by atoms with E-state index in [4.69, 9.17) is 34.9 Å². The molecule has 17 rings (SSSR count). The molecule has 10 aromatic carbocycles. The maximum Gasteiger partial charge on any atom is 0.277 e. The first-order chi connectivity index (χ1) is 46.4. The molecule has 7 aromatic heterocycles. The average Bonchev–Trinajstić information content (AvgIpc) is 1.58. The molecule has 0 atom stereocenters. The molecule has 0 amide bonds. The second-order valence-corrected chi connectivity index (χ2v) is 22.6. The summed E-state index contributed by atoms with van der Waals surface area (Å²) in [7, 11) is 0. The van der Waals surface area contributed by atoms with Gasteiger partial charge in [0, 0.05) is 75.0 Å². The van der Waals surface area contributed by atoms with Crippen LogP contribution in [0.3, 0.4) is 0 Å². The molecule has 0 fully saturated rings. The number of rotatable bonds is 12. The van der Waals surface area contributed by atoms with Crippen LogP contribution in [0.4, 0.5) is 5.69 Å². The van der Waals surface area contributed by atoms with Crippen LogP contribution in [0.2, 0.25) is 0 Å². The van der Waals surface area contributed by atoms with Gasteiger partial charge < -0.3 is 4.98 Å². The predicted molar refractivity (Wildman–Crippen MR) is 374 cm³/mol. The van der Waals surface area contributed by atoms with E-state index in [9.17, 15) is 10.1 Å². The summed E-state index contributed by atoms with van der Waals surface area (Å²) < 4.78 is 3.88. The molecule has 0 aliphatic rings. The van der Waals surface area contributed by atoms with Crippen LogP contribution in [0.1, 0.15) is 0 Å². The van der Waals surface area contributed by atoms with Gasteiger partial charge in [0.05, 0.1) is 38.1 Å². The quantitative estimate of drug-likeness (QED) is 0.0916. The fourth-order valence-corrected chi connectivity index (χ4v) is 12.1. The highest BCUT2D eigenvalue weighted by molar-refractivity contribution is 6.15. The first-order valence-electron chi connectivity index (χ1n) is 30.6. The van der Waals surface area contributed by atoms with E-state index >= 15 is 0 Å². The van der Waals surface area contributed by atoms with Crippen molar-refractivity contribution in [2.45, 2.75) is 0 Å². The lowest BCUT2D eigenvalue weighted by atomic mass is 10.0. The number of aromatic amines is 1. The van der Waals surface area contributed by atoms with Crippen LogP contribution in [0, 0.1) is 10.1 Å². The highest BCUT2D eigenvalue weighted by Gasteiger charge is 2.21. The number of hydrogen-bond acceptors (Lipinski definition) is 10. The average molecular weight is 1210 g/mol. The zero-order valence-electron chi connectivity index (χ0n) is 50.2. The molecule has 7 heterocycles. The largest absolute Gasteiger partial charge is 0.353 e. The van der Waals surface area contributed by atoms with Crippen LogP contribution in [0.5, 0.6) is 0 Å². The van der Waals surface area contributed by atoms with Crippen LogP contribution in [-0.2, 0) is 0 Å². The van der Waals surface area contributed by atoms with Crippen molar-refractivity contribution >= 4 is 49.6 Å². The molecule has 14 heteroatoms.